The molecule has 0 bridgehead atoms. The molecule has 0 aromatic carbocycles. The molecule has 0 rings (SSSR count). The molecule has 0 saturated heterocycles. The fraction of sp³-hybridized carbons (Fsp3) is 0.889. The summed E-state index contributed by atoms with van der Waals surface area (Å²) < 4.78 is 32.6. The number of nitrogens with one attached hydrogen (secondary N) is 2. The van der Waals surface area contributed by atoms with Gasteiger partial charge in [-0.1, -0.05) is 0 Å². The molecule has 0 aromatic heterocycles. The van der Waals surface area contributed by atoms with Crippen molar-refractivity contribution in [1.29, 1.82) is 0 Å². The highest BCUT2D eigenvalue weighted by molar-refractivity contribution is 5.77. The highest BCUT2D eigenvalue weighted by Crippen LogP contribution is 1.90. The molecule has 0 heterocycles. The Bertz CT molecular complexity index is 182. The normalized spacial score (nSPS) is 10.8. The average Bonchev–Trinajstić information content (AvgIpc) is 2.23. The van der Waals surface area contributed by atoms with Crippen molar-refractivity contribution >= 4 is 5.91 Å². The zero-order valence-electron chi connectivity index (χ0n) is 9.30. The smallest absolute Gasteiger partial charge is 0.261 e. The van der Waals surface area contributed by atoms with Crippen LogP contribution >= 0.6 is 0 Å². The second-order valence-electron chi connectivity index (χ2n) is 2.99. The highest BCUT2D eigenvalue weighted by Gasteiger charge is 2.02. The van der Waals surface area contributed by atoms with Crippen molar-refractivity contribution in [3.63, 3.8) is 0 Å². The van der Waals surface area contributed by atoms with Crippen LogP contribution in [0.3, 0.4) is 0 Å². The quantitative estimate of drug-likeness (QED) is 0.511. The number of methoxy groups -OCH3 is 1. The van der Waals surface area contributed by atoms with Crippen LogP contribution in [0.2, 0.25) is 0 Å². The van der Waals surface area contributed by atoms with Crippen LogP contribution in [-0.2, 0) is 14.3 Å². The Balaban J connectivity index is 3.15. The lowest BCUT2D eigenvalue weighted by Crippen LogP contribution is -2.36. The third kappa shape index (κ3) is 11.3. The van der Waals surface area contributed by atoms with Gasteiger partial charge in [0, 0.05) is 20.2 Å². The number of alkyl halides is 2. The molecule has 0 spiro atoms. The van der Waals surface area contributed by atoms with E-state index in [-0.39, 0.29) is 19.1 Å². The summed E-state index contributed by atoms with van der Waals surface area (Å²) in [5.41, 5.74) is 0. The zero-order chi connectivity index (χ0) is 12.2. The lowest BCUT2D eigenvalue weighted by Gasteiger charge is -2.06. The monoisotopic (exact) mass is 240 g/mol. The molecule has 0 radical (unpaired) electrons. The van der Waals surface area contributed by atoms with Gasteiger partial charge >= 0.3 is 0 Å². The molecule has 0 atom stereocenters. The van der Waals surface area contributed by atoms with E-state index in [0.29, 0.717) is 19.7 Å². The van der Waals surface area contributed by atoms with E-state index in [0.717, 1.165) is 0 Å². The Hall–Kier alpha value is -0.790. The molecule has 96 valence electrons. The fourth-order valence-electron chi connectivity index (χ4n) is 0.874. The number of carbonyl (C=O) groups excluding carboxylic acids is 1. The van der Waals surface area contributed by atoms with Gasteiger partial charge in [0.15, 0.2) is 0 Å². The Morgan fingerprint density at radius 3 is 2.69 bits per heavy atom. The summed E-state index contributed by atoms with van der Waals surface area (Å²) in [6, 6.07) is 0. The number of hydrogen-bond donors (Lipinski definition) is 2. The lowest BCUT2D eigenvalue weighted by atomic mass is 10.5. The molecule has 0 saturated carbocycles. The van der Waals surface area contributed by atoms with E-state index in [1.54, 1.807) is 7.11 Å². The Morgan fingerprint density at radius 2 is 2.06 bits per heavy atom. The Morgan fingerprint density at radius 1 is 1.31 bits per heavy atom. The summed E-state index contributed by atoms with van der Waals surface area (Å²) in [6.07, 6.45) is -2.45. The number of amides is 1. The average molecular weight is 240 g/mol. The van der Waals surface area contributed by atoms with Crippen LogP contribution in [0.4, 0.5) is 8.78 Å². The summed E-state index contributed by atoms with van der Waals surface area (Å²) in [7, 11) is 1.55. The van der Waals surface area contributed by atoms with Crippen molar-refractivity contribution in [1.82, 2.24) is 10.6 Å². The van der Waals surface area contributed by atoms with Gasteiger partial charge in [-0.2, -0.15) is 0 Å². The summed E-state index contributed by atoms with van der Waals surface area (Å²) in [4.78, 5) is 11.1. The minimum absolute atomic E-state index is 0.141. The van der Waals surface area contributed by atoms with Crippen LogP contribution in [-0.4, -0.2) is 58.9 Å². The molecular formula is C9H18F2N2O3. The topological polar surface area (TPSA) is 59.6 Å². The number of carbonyl (C=O) groups is 1. The van der Waals surface area contributed by atoms with Crippen molar-refractivity contribution in [2.75, 3.05) is 46.6 Å². The van der Waals surface area contributed by atoms with Gasteiger partial charge < -0.3 is 20.1 Å². The molecule has 1 amide bonds. The number of hydrogen-bond acceptors (Lipinski definition) is 4. The van der Waals surface area contributed by atoms with Gasteiger partial charge in [-0.3, -0.25) is 4.79 Å². The van der Waals surface area contributed by atoms with Crippen LogP contribution in [0.1, 0.15) is 0 Å². The Labute approximate surface area is 93.5 Å². The van der Waals surface area contributed by atoms with E-state index in [1.807, 2.05) is 0 Å². The van der Waals surface area contributed by atoms with E-state index in [4.69, 9.17) is 4.74 Å². The van der Waals surface area contributed by atoms with Gasteiger partial charge in [-0.15, -0.1) is 0 Å². The van der Waals surface area contributed by atoms with E-state index in [1.165, 1.54) is 0 Å². The van der Waals surface area contributed by atoms with Gasteiger partial charge in [-0.05, 0) is 0 Å². The van der Waals surface area contributed by atoms with Gasteiger partial charge in [0.05, 0.1) is 19.8 Å². The summed E-state index contributed by atoms with van der Waals surface area (Å²) in [5.74, 6) is -0.161. The van der Waals surface area contributed by atoms with Crippen LogP contribution in [0.5, 0.6) is 0 Å². The van der Waals surface area contributed by atoms with Crippen molar-refractivity contribution in [3.8, 4) is 0 Å². The molecular weight excluding hydrogens is 222 g/mol. The zero-order valence-corrected chi connectivity index (χ0v) is 9.30. The molecule has 0 aliphatic rings. The molecule has 7 heteroatoms. The fourth-order valence-corrected chi connectivity index (χ4v) is 0.874. The first-order chi connectivity index (χ1) is 7.66. The SMILES string of the molecule is COCCNC(=O)CNCCOCC(F)F. The van der Waals surface area contributed by atoms with Crippen LogP contribution in [0, 0.1) is 0 Å². The minimum Gasteiger partial charge on any atom is -0.383 e. The van der Waals surface area contributed by atoms with Gasteiger partial charge in [-0.25, -0.2) is 8.78 Å². The number of rotatable bonds is 10. The van der Waals surface area contributed by atoms with Crippen LogP contribution in [0.25, 0.3) is 0 Å². The summed E-state index contributed by atoms with van der Waals surface area (Å²) in [6.45, 7) is 1.02. The first kappa shape index (κ1) is 15.2. The van der Waals surface area contributed by atoms with Crippen LogP contribution in [0.15, 0.2) is 0 Å². The number of halogens is 2. The maximum atomic E-state index is 11.6. The Kier molecular flexibility index (Phi) is 10.2. The predicted octanol–water partition coefficient (Wildman–Crippen LogP) is -0.380. The van der Waals surface area contributed by atoms with Crippen molar-refractivity contribution in [3.05, 3.63) is 0 Å². The molecule has 5 nitrogen and oxygen atoms in total. The first-order valence-corrected chi connectivity index (χ1v) is 4.99. The molecule has 2 N–H and O–H groups in total. The molecule has 0 aliphatic carbocycles. The maximum Gasteiger partial charge on any atom is 0.261 e. The first-order valence-electron chi connectivity index (χ1n) is 4.99. The third-order valence-corrected chi connectivity index (χ3v) is 1.58. The van der Waals surface area contributed by atoms with E-state index in [9.17, 15) is 13.6 Å². The number of ether oxygens (including phenoxy) is 2. The van der Waals surface area contributed by atoms with Crippen molar-refractivity contribution in [2.45, 2.75) is 6.43 Å². The van der Waals surface area contributed by atoms with E-state index in [2.05, 4.69) is 15.4 Å². The van der Waals surface area contributed by atoms with Crippen LogP contribution < -0.4 is 10.6 Å². The maximum absolute atomic E-state index is 11.6. The van der Waals surface area contributed by atoms with Gasteiger partial charge in [0.2, 0.25) is 5.91 Å². The van der Waals surface area contributed by atoms with Gasteiger partial charge in [0.1, 0.15) is 6.61 Å². The van der Waals surface area contributed by atoms with Crippen molar-refractivity contribution < 1.29 is 23.0 Å². The van der Waals surface area contributed by atoms with E-state index >= 15 is 0 Å². The van der Waals surface area contributed by atoms with E-state index < -0.39 is 13.0 Å². The standard InChI is InChI=1S/C9H18F2N2O3/c1-15-4-3-13-9(14)6-12-2-5-16-7-8(10)11/h8,12H,2-7H2,1H3,(H,13,14). The molecule has 16 heavy (non-hydrogen) atoms. The summed E-state index contributed by atoms with van der Waals surface area (Å²) >= 11 is 0. The van der Waals surface area contributed by atoms with Gasteiger partial charge in [0.25, 0.3) is 6.43 Å². The lowest BCUT2D eigenvalue weighted by molar-refractivity contribution is -0.120. The minimum atomic E-state index is -2.45. The molecule has 0 fully saturated rings. The summed E-state index contributed by atoms with van der Waals surface area (Å²) in [5, 5.41) is 5.37. The second-order valence-corrected chi connectivity index (χ2v) is 2.99. The van der Waals surface area contributed by atoms with Crippen molar-refractivity contribution in [2.24, 2.45) is 0 Å². The molecule has 0 aliphatic heterocycles. The predicted molar refractivity (Wildman–Crippen MR) is 54.6 cm³/mol. The third-order valence-electron chi connectivity index (χ3n) is 1.58. The largest absolute Gasteiger partial charge is 0.383 e. The second kappa shape index (κ2) is 10.7. The molecule has 0 unspecified atom stereocenters. The highest BCUT2D eigenvalue weighted by atomic mass is 19.3. The molecule has 0 aromatic rings.